The molecular weight excluding hydrogens is 218 g/mol. The molecule has 0 saturated carbocycles. The molecule has 1 heteroatoms. The Labute approximate surface area is 112 Å². The van der Waals surface area contributed by atoms with Crippen LogP contribution in [0.25, 0.3) is 0 Å². The van der Waals surface area contributed by atoms with E-state index in [-0.39, 0.29) is 5.54 Å². The van der Waals surface area contributed by atoms with E-state index in [2.05, 4.69) is 31.7 Å². The van der Waals surface area contributed by atoms with Gasteiger partial charge in [-0.2, -0.15) is 0 Å². The number of hydrogen-bond acceptors (Lipinski definition) is 1. The van der Waals surface area contributed by atoms with Crippen molar-refractivity contribution >= 4 is 0 Å². The molecule has 1 aliphatic rings. The Morgan fingerprint density at radius 2 is 1.78 bits per heavy atom. The molecule has 0 spiro atoms. The fourth-order valence-corrected chi connectivity index (χ4v) is 1.50. The van der Waals surface area contributed by atoms with E-state index in [0.717, 1.165) is 12.0 Å². The van der Waals surface area contributed by atoms with Gasteiger partial charge in [-0.1, -0.05) is 76.3 Å². The van der Waals surface area contributed by atoms with Crippen molar-refractivity contribution in [3.63, 3.8) is 0 Å². The van der Waals surface area contributed by atoms with E-state index < -0.39 is 0 Å². The summed E-state index contributed by atoms with van der Waals surface area (Å²) in [7, 11) is 0. The van der Waals surface area contributed by atoms with Crippen LogP contribution in [0.3, 0.4) is 0 Å². The average Bonchev–Trinajstić information content (AvgIpc) is 2.51. The van der Waals surface area contributed by atoms with Gasteiger partial charge in [0, 0.05) is 0 Å². The summed E-state index contributed by atoms with van der Waals surface area (Å²) in [5.74, 6) is 0. The molecule has 100 valence electrons. The molecule has 0 heterocycles. The lowest BCUT2D eigenvalue weighted by Crippen LogP contribution is -2.30. The quantitative estimate of drug-likeness (QED) is 0.763. The summed E-state index contributed by atoms with van der Waals surface area (Å²) in [4.78, 5) is 0. The smallest absolute Gasteiger partial charge is 0.0502 e. The van der Waals surface area contributed by atoms with Crippen LogP contribution in [0.2, 0.25) is 0 Å². The maximum absolute atomic E-state index is 6.05. The lowest BCUT2D eigenvalue weighted by Gasteiger charge is -2.12. The molecule has 0 aromatic carbocycles. The molecule has 0 aromatic rings. The standard InChI is InChI=1S/C15H21N.C2H6/c1-4-6-7-8-14-10-12-15(3,16)11-9-13(14)5-2;1-2/h5,7-12H,2,4,6,16H2,1,3H3;1-2H3/b8-7-;. The molecule has 1 unspecified atom stereocenters. The van der Waals surface area contributed by atoms with Crippen molar-refractivity contribution in [3.05, 3.63) is 60.3 Å². The molecule has 0 fully saturated rings. The summed E-state index contributed by atoms with van der Waals surface area (Å²) < 4.78 is 0. The first-order chi connectivity index (χ1) is 8.59. The van der Waals surface area contributed by atoms with Crippen molar-refractivity contribution in [3.8, 4) is 0 Å². The van der Waals surface area contributed by atoms with Crippen LogP contribution in [0.1, 0.15) is 40.5 Å². The molecule has 2 N–H and O–H groups in total. The summed E-state index contributed by atoms with van der Waals surface area (Å²) >= 11 is 0. The Morgan fingerprint density at radius 1 is 1.22 bits per heavy atom. The van der Waals surface area contributed by atoms with Crippen molar-refractivity contribution in [2.24, 2.45) is 5.73 Å². The highest BCUT2D eigenvalue weighted by Gasteiger charge is 2.12. The Kier molecular flexibility index (Phi) is 8.06. The van der Waals surface area contributed by atoms with E-state index in [9.17, 15) is 0 Å². The second-order valence-electron chi connectivity index (χ2n) is 4.34. The number of rotatable bonds is 4. The van der Waals surface area contributed by atoms with Gasteiger partial charge in [-0.15, -0.1) is 0 Å². The Hall–Kier alpha value is -1.34. The summed E-state index contributed by atoms with van der Waals surface area (Å²) in [6, 6.07) is 0. The van der Waals surface area contributed by atoms with Crippen molar-refractivity contribution in [2.75, 3.05) is 0 Å². The second kappa shape index (κ2) is 8.71. The van der Waals surface area contributed by atoms with Crippen LogP contribution in [-0.4, -0.2) is 5.54 Å². The predicted octanol–water partition coefficient (Wildman–Crippen LogP) is 4.69. The van der Waals surface area contributed by atoms with Crippen molar-refractivity contribution in [1.29, 1.82) is 0 Å². The van der Waals surface area contributed by atoms with Crippen LogP contribution < -0.4 is 5.73 Å². The SMILES string of the molecule is C=CC1=C(/C=C\CCC)C=CC(C)(N)C=C1.CC. The first-order valence-electron chi connectivity index (χ1n) is 6.79. The fraction of sp³-hybridized carbons (Fsp3) is 0.412. The lowest BCUT2D eigenvalue weighted by molar-refractivity contribution is 0.736. The molecule has 1 atom stereocenters. The average molecular weight is 245 g/mol. The number of hydrogen-bond donors (Lipinski definition) is 1. The van der Waals surface area contributed by atoms with Crippen molar-refractivity contribution < 1.29 is 0 Å². The van der Waals surface area contributed by atoms with Gasteiger partial charge < -0.3 is 5.73 Å². The van der Waals surface area contributed by atoms with Gasteiger partial charge in [-0.05, 0) is 24.5 Å². The minimum absolute atomic E-state index is 0.366. The predicted molar refractivity (Wildman–Crippen MR) is 83.5 cm³/mol. The van der Waals surface area contributed by atoms with Gasteiger partial charge in [-0.3, -0.25) is 0 Å². The minimum atomic E-state index is -0.366. The number of unbranched alkanes of at least 4 members (excludes halogenated alkanes) is 1. The molecule has 18 heavy (non-hydrogen) atoms. The maximum Gasteiger partial charge on any atom is 0.0502 e. The Balaban J connectivity index is 0.00000137. The van der Waals surface area contributed by atoms with Gasteiger partial charge in [-0.25, -0.2) is 0 Å². The molecule has 0 aliphatic heterocycles. The molecule has 0 radical (unpaired) electrons. The fourth-order valence-electron chi connectivity index (χ4n) is 1.50. The second-order valence-corrected chi connectivity index (χ2v) is 4.34. The zero-order valence-electron chi connectivity index (χ0n) is 12.2. The summed E-state index contributed by atoms with van der Waals surface area (Å²) in [5, 5.41) is 0. The molecule has 1 rings (SSSR count). The molecule has 0 amide bonds. The third-order valence-electron chi connectivity index (χ3n) is 2.55. The van der Waals surface area contributed by atoms with Gasteiger partial charge in [0.1, 0.15) is 0 Å². The molecule has 0 aromatic heterocycles. The third-order valence-corrected chi connectivity index (χ3v) is 2.55. The first kappa shape index (κ1) is 16.7. The highest BCUT2D eigenvalue weighted by molar-refractivity contribution is 5.49. The number of allylic oxidation sites excluding steroid dienone is 7. The van der Waals surface area contributed by atoms with Crippen LogP contribution in [0, 0.1) is 0 Å². The molecule has 0 bridgehead atoms. The van der Waals surface area contributed by atoms with Gasteiger partial charge in [0.2, 0.25) is 0 Å². The van der Waals surface area contributed by atoms with Crippen LogP contribution >= 0.6 is 0 Å². The van der Waals surface area contributed by atoms with Crippen LogP contribution in [0.15, 0.2) is 60.3 Å². The summed E-state index contributed by atoms with van der Waals surface area (Å²) in [6.45, 7) is 12.0. The molecule has 0 saturated heterocycles. The molecule has 1 nitrogen and oxygen atoms in total. The largest absolute Gasteiger partial charge is 0.319 e. The summed E-state index contributed by atoms with van der Waals surface area (Å²) in [6.07, 6.45) is 16.6. The van der Waals surface area contributed by atoms with E-state index in [4.69, 9.17) is 5.73 Å². The highest BCUT2D eigenvalue weighted by Crippen LogP contribution is 2.19. The first-order valence-corrected chi connectivity index (χ1v) is 6.79. The monoisotopic (exact) mass is 245 g/mol. The van der Waals surface area contributed by atoms with Gasteiger partial charge >= 0.3 is 0 Å². The maximum atomic E-state index is 6.05. The van der Waals surface area contributed by atoms with E-state index in [1.54, 1.807) is 0 Å². The third kappa shape index (κ3) is 5.83. The topological polar surface area (TPSA) is 26.0 Å². The van der Waals surface area contributed by atoms with Crippen molar-refractivity contribution in [2.45, 2.75) is 46.1 Å². The van der Waals surface area contributed by atoms with Gasteiger partial charge in [0.25, 0.3) is 0 Å². The molecular formula is C17H27N. The van der Waals surface area contributed by atoms with Gasteiger partial charge in [0.15, 0.2) is 0 Å². The zero-order chi connectivity index (χ0) is 14.0. The zero-order valence-corrected chi connectivity index (χ0v) is 12.2. The van der Waals surface area contributed by atoms with Crippen LogP contribution in [-0.2, 0) is 0 Å². The lowest BCUT2D eigenvalue weighted by atomic mass is 10.0. The van der Waals surface area contributed by atoms with E-state index in [1.165, 1.54) is 12.0 Å². The Morgan fingerprint density at radius 3 is 2.28 bits per heavy atom. The van der Waals surface area contributed by atoms with Crippen molar-refractivity contribution in [1.82, 2.24) is 0 Å². The normalized spacial score (nSPS) is 22.7. The van der Waals surface area contributed by atoms with Crippen LogP contribution in [0.4, 0.5) is 0 Å². The van der Waals surface area contributed by atoms with E-state index in [0.29, 0.717) is 0 Å². The van der Waals surface area contributed by atoms with E-state index >= 15 is 0 Å². The van der Waals surface area contributed by atoms with Crippen LogP contribution in [0.5, 0.6) is 0 Å². The molecule has 1 aliphatic carbocycles. The van der Waals surface area contributed by atoms with E-state index in [1.807, 2.05) is 45.1 Å². The van der Waals surface area contributed by atoms with Gasteiger partial charge in [0.05, 0.1) is 5.54 Å². The minimum Gasteiger partial charge on any atom is -0.319 e. The number of nitrogens with two attached hydrogens (primary N) is 1. The summed E-state index contributed by atoms with van der Waals surface area (Å²) in [5.41, 5.74) is 7.98. The highest BCUT2D eigenvalue weighted by atomic mass is 14.7. The Bertz CT molecular complexity index is 365.